The zero-order valence-corrected chi connectivity index (χ0v) is 11.2. The second-order valence-electron chi connectivity index (χ2n) is 4.51. The van der Waals surface area contributed by atoms with Gasteiger partial charge < -0.3 is 16.4 Å². The monoisotopic (exact) mass is 290 g/mol. The maximum atomic E-state index is 13.2. The van der Waals surface area contributed by atoms with Crippen molar-refractivity contribution < 1.29 is 4.39 Å². The number of benzene rings is 2. The first-order chi connectivity index (χ1) is 9.56. The van der Waals surface area contributed by atoms with Crippen LogP contribution in [0.25, 0.3) is 0 Å². The van der Waals surface area contributed by atoms with Gasteiger partial charge in [-0.2, -0.15) is 0 Å². The first kappa shape index (κ1) is 12.9. The van der Waals surface area contributed by atoms with Crippen LogP contribution in [0.2, 0.25) is 5.02 Å². The number of fused-ring (bicyclic) bond motifs is 1. The summed E-state index contributed by atoms with van der Waals surface area (Å²) in [7, 11) is 0. The summed E-state index contributed by atoms with van der Waals surface area (Å²) in [6, 6.07) is 9.79. The van der Waals surface area contributed by atoms with Gasteiger partial charge in [0.15, 0.2) is 0 Å². The number of rotatable bonds is 1. The highest BCUT2D eigenvalue weighted by Gasteiger charge is 2.23. The van der Waals surface area contributed by atoms with Gasteiger partial charge in [0.1, 0.15) is 12.0 Å². The van der Waals surface area contributed by atoms with Gasteiger partial charge in [-0.05, 0) is 36.4 Å². The molecule has 2 aromatic carbocycles. The molecule has 0 spiro atoms. The number of halogens is 2. The standard InChI is InChI=1S/C14H12ClFN4/c15-11-6-9(2-3-12(11)16)20-7-19-13-4-1-8(17)5-10(13)14(20)18/h1-7,14H,17-18H2. The van der Waals surface area contributed by atoms with Crippen molar-refractivity contribution in [3.05, 3.63) is 52.8 Å². The highest BCUT2D eigenvalue weighted by atomic mass is 35.5. The predicted octanol–water partition coefficient (Wildman–Crippen LogP) is 3.20. The van der Waals surface area contributed by atoms with Crippen LogP contribution >= 0.6 is 11.6 Å². The molecular formula is C14H12ClFN4. The number of hydrogen-bond acceptors (Lipinski definition) is 4. The first-order valence-electron chi connectivity index (χ1n) is 5.99. The second kappa shape index (κ2) is 4.77. The van der Waals surface area contributed by atoms with Crippen LogP contribution in [-0.4, -0.2) is 6.34 Å². The number of hydrogen-bond donors (Lipinski definition) is 2. The average molecular weight is 291 g/mol. The van der Waals surface area contributed by atoms with Crippen molar-refractivity contribution in [1.82, 2.24) is 0 Å². The molecule has 1 aliphatic heterocycles. The number of nitrogens with zero attached hydrogens (tertiary/aromatic N) is 2. The van der Waals surface area contributed by atoms with Crippen molar-refractivity contribution in [2.45, 2.75) is 6.17 Å². The smallest absolute Gasteiger partial charge is 0.141 e. The molecule has 0 aliphatic carbocycles. The Morgan fingerprint density at radius 2 is 2.00 bits per heavy atom. The van der Waals surface area contributed by atoms with Crippen molar-refractivity contribution in [3.8, 4) is 0 Å². The minimum absolute atomic E-state index is 0.0430. The highest BCUT2D eigenvalue weighted by molar-refractivity contribution is 6.31. The average Bonchev–Trinajstić information content (AvgIpc) is 2.43. The fourth-order valence-corrected chi connectivity index (χ4v) is 2.32. The van der Waals surface area contributed by atoms with E-state index < -0.39 is 12.0 Å². The second-order valence-corrected chi connectivity index (χ2v) is 4.92. The van der Waals surface area contributed by atoms with Crippen molar-refractivity contribution in [3.63, 3.8) is 0 Å². The lowest BCUT2D eigenvalue weighted by atomic mass is 10.1. The van der Waals surface area contributed by atoms with E-state index >= 15 is 0 Å². The van der Waals surface area contributed by atoms with Crippen molar-refractivity contribution in [2.75, 3.05) is 10.6 Å². The van der Waals surface area contributed by atoms with Gasteiger partial charge in [0.25, 0.3) is 0 Å². The number of nitrogens with two attached hydrogens (primary N) is 2. The number of aliphatic imine (C=N–C) groups is 1. The highest BCUT2D eigenvalue weighted by Crippen LogP contribution is 2.35. The third-order valence-electron chi connectivity index (χ3n) is 3.19. The number of anilines is 2. The molecule has 0 saturated carbocycles. The van der Waals surface area contributed by atoms with Gasteiger partial charge in [0.2, 0.25) is 0 Å². The molecule has 4 N–H and O–H groups in total. The Labute approximate surface area is 120 Å². The maximum Gasteiger partial charge on any atom is 0.141 e. The van der Waals surface area contributed by atoms with Gasteiger partial charge in [0, 0.05) is 16.9 Å². The third kappa shape index (κ3) is 2.11. The van der Waals surface area contributed by atoms with Crippen LogP contribution in [0.4, 0.5) is 21.5 Å². The summed E-state index contributed by atoms with van der Waals surface area (Å²) in [6.07, 6.45) is 1.15. The minimum Gasteiger partial charge on any atom is -0.399 e. The molecular weight excluding hydrogens is 279 g/mol. The Morgan fingerprint density at radius 1 is 1.20 bits per heavy atom. The van der Waals surface area contributed by atoms with E-state index in [1.165, 1.54) is 12.1 Å². The molecule has 2 aromatic rings. The third-order valence-corrected chi connectivity index (χ3v) is 3.48. The van der Waals surface area contributed by atoms with Crippen LogP contribution in [0.3, 0.4) is 0 Å². The van der Waals surface area contributed by atoms with E-state index in [9.17, 15) is 4.39 Å². The Morgan fingerprint density at radius 3 is 2.75 bits per heavy atom. The van der Waals surface area contributed by atoms with Gasteiger partial charge in [-0.25, -0.2) is 9.38 Å². The topological polar surface area (TPSA) is 67.6 Å². The summed E-state index contributed by atoms with van der Waals surface area (Å²) in [5, 5.41) is 0.0430. The van der Waals surface area contributed by atoms with Crippen LogP contribution in [0, 0.1) is 5.82 Å². The molecule has 102 valence electrons. The van der Waals surface area contributed by atoms with E-state index in [2.05, 4.69) is 4.99 Å². The van der Waals surface area contributed by atoms with Crippen LogP contribution < -0.4 is 16.4 Å². The van der Waals surface area contributed by atoms with E-state index in [1.54, 1.807) is 29.4 Å². The molecule has 1 unspecified atom stereocenters. The Balaban J connectivity index is 2.03. The zero-order chi connectivity index (χ0) is 14.3. The fraction of sp³-hybridized carbons (Fsp3) is 0.0714. The fourth-order valence-electron chi connectivity index (χ4n) is 2.15. The summed E-state index contributed by atoms with van der Waals surface area (Å²) < 4.78 is 13.2. The lowest BCUT2D eigenvalue weighted by molar-refractivity contribution is 0.627. The molecule has 1 atom stereocenters. The van der Waals surface area contributed by atoms with Gasteiger partial charge in [-0.1, -0.05) is 11.6 Å². The number of nitrogen functional groups attached to an aromatic ring is 1. The van der Waals surface area contributed by atoms with Crippen LogP contribution in [0.1, 0.15) is 11.7 Å². The van der Waals surface area contributed by atoms with Gasteiger partial charge >= 0.3 is 0 Å². The lowest BCUT2D eigenvalue weighted by Crippen LogP contribution is -2.35. The van der Waals surface area contributed by atoms with Crippen LogP contribution in [0.5, 0.6) is 0 Å². The zero-order valence-electron chi connectivity index (χ0n) is 10.4. The minimum atomic E-state index is -0.470. The van der Waals surface area contributed by atoms with Crippen LogP contribution in [-0.2, 0) is 0 Å². The van der Waals surface area contributed by atoms with Crippen molar-refractivity contribution in [2.24, 2.45) is 10.7 Å². The van der Waals surface area contributed by atoms with Crippen LogP contribution in [0.15, 0.2) is 41.4 Å². The summed E-state index contributed by atoms with van der Waals surface area (Å²) in [5.41, 5.74) is 14.9. The molecule has 20 heavy (non-hydrogen) atoms. The van der Waals surface area contributed by atoms with Crippen molar-refractivity contribution >= 4 is 35.0 Å². The van der Waals surface area contributed by atoms with Crippen molar-refractivity contribution in [1.29, 1.82) is 0 Å². The quantitative estimate of drug-likeness (QED) is 0.793. The molecule has 0 bridgehead atoms. The molecule has 4 nitrogen and oxygen atoms in total. The van der Waals surface area contributed by atoms with Gasteiger partial charge in [-0.3, -0.25) is 0 Å². The van der Waals surface area contributed by atoms with E-state index in [-0.39, 0.29) is 5.02 Å². The van der Waals surface area contributed by atoms with Gasteiger partial charge in [-0.15, -0.1) is 0 Å². The summed E-state index contributed by atoms with van der Waals surface area (Å²) in [6.45, 7) is 0. The normalized spacial score (nSPS) is 17.1. The van der Waals surface area contributed by atoms with E-state index in [4.69, 9.17) is 23.1 Å². The SMILES string of the molecule is Nc1ccc2c(c1)C(N)N(c1ccc(F)c(Cl)c1)C=N2. The molecule has 1 aliphatic rings. The lowest BCUT2D eigenvalue weighted by Gasteiger charge is -2.31. The predicted molar refractivity (Wildman–Crippen MR) is 79.8 cm³/mol. The Hall–Kier alpha value is -2.11. The van der Waals surface area contributed by atoms with E-state index in [0.717, 1.165) is 11.3 Å². The largest absolute Gasteiger partial charge is 0.399 e. The summed E-state index contributed by atoms with van der Waals surface area (Å²) in [4.78, 5) is 6.04. The van der Waals surface area contributed by atoms with Gasteiger partial charge in [0.05, 0.1) is 17.0 Å². The molecule has 0 fully saturated rings. The molecule has 0 aromatic heterocycles. The molecule has 3 rings (SSSR count). The Kier molecular flexibility index (Phi) is 3.08. The molecule has 1 heterocycles. The summed E-state index contributed by atoms with van der Waals surface area (Å²) in [5.74, 6) is -0.470. The summed E-state index contributed by atoms with van der Waals surface area (Å²) >= 11 is 5.80. The maximum absolute atomic E-state index is 13.2. The first-order valence-corrected chi connectivity index (χ1v) is 6.36. The molecule has 0 saturated heterocycles. The van der Waals surface area contributed by atoms with E-state index in [0.29, 0.717) is 11.4 Å². The Bertz CT molecular complexity index is 702. The van der Waals surface area contributed by atoms with E-state index in [1.807, 2.05) is 6.07 Å². The molecule has 0 radical (unpaired) electrons. The molecule has 6 heteroatoms. The molecule has 0 amide bonds.